The van der Waals surface area contributed by atoms with Crippen LogP contribution in [0.5, 0.6) is 0 Å². The van der Waals surface area contributed by atoms with Crippen molar-refractivity contribution in [1.29, 1.82) is 0 Å². The molecule has 2 aromatic rings. The summed E-state index contributed by atoms with van der Waals surface area (Å²) < 4.78 is 0. The maximum absolute atomic E-state index is 2.29. The van der Waals surface area contributed by atoms with Crippen LogP contribution in [-0.4, -0.2) is 11.5 Å². The third kappa shape index (κ3) is 9.52. The molecule has 0 nitrogen and oxygen atoms in total. The second-order valence-electron chi connectivity index (χ2n) is 10.4. The highest BCUT2D eigenvalue weighted by molar-refractivity contribution is 7.99. The molecule has 0 N–H and O–H groups in total. The first-order chi connectivity index (χ1) is 14.2. The van der Waals surface area contributed by atoms with E-state index in [0.29, 0.717) is 0 Å². The van der Waals surface area contributed by atoms with Gasteiger partial charge in [0.2, 0.25) is 0 Å². The van der Waals surface area contributed by atoms with E-state index < -0.39 is 0 Å². The maximum atomic E-state index is 2.29. The van der Waals surface area contributed by atoms with Crippen LogP contribution in [0.1, 0.15) is 91.2 Å². The fourth-order valence-corrected chi connectivity index (χ4v) is 5.22. The fourth-order valence-electron chi connectivity index (χ4n) is 3.39. The average molecular weight is 443 g/mol. The second-order valence-corrected chi connectivity index (χ2v) is 12.7. The summed E-state index contributed by atoms with van der Waals surface area (Å²) in [5.41, 5.74) is 3.34. The predicted molar refractivity (Wildman–Crippen MR) is 139 cm³/mol. The van der Waals surface area contributed by atoms with E-state index in [1.807, 2.05) is 23.5 Å². The van der Waals surface area contributed by atoms with Gasteiger partial charge in [0.15, 0.2) is 0 Å². The van der Waals surface area contributed by atoms with Crippen LogP contribution >= 0.6 is 23.5 Å². The minimum Gasteiger partial charge on any atom is -0.126 e. The predicted octanol–water partition coefficient (Wildman–Crippen LogP) is 9.51. The lowest BCUT2D eigenvalue weighted by Gasteiger charge is -2.19. The van der Waals surface area contributed by atoms with Gasteiger partial charge < -0.3 is 0 Å². The highest BCUT2D eigenvalue weighted by Crippen LogP contribution is 2.27. The Balaban J connectivity index is 1.47. The van der Waals surface area contributed by atoms with Gasteiger partial charge in [-0.25, -0.2) is 0 Å². The number of unbranched alkanes of at least 4 members (excludes halogenated alkanes) is 5. The first-order valence-corrected chi connectivity index (χ1v) is 13.6. The summed E-state index contributed by atoms with van der Waals surface area (Å²) >= 11 is 4.02. The molecule has 0 unspecified atom stereocenters. The average Bonchev–Trinajstić information content (AvgIpc) is 2.69. The highest BCUT2D eigenvalue weighted by Gasteiger charge is 2.13. The van der Waals surface area contributed by atoms with Crippen molar-refractivity contribution in [1.82, 2.24) is 0 Å². The molecule has 2 heteroatoms. The van der Waals surface area contributed by atoms with E-state index in [4.69, 9.17) is 0 Å². The van der Waals surface area contributed by atoms with Crippen LogP contribution in [-0.2, 0) is 10.8 Å². The van der Waals surface area contributed by atoms with E-state index in [1.165, 1.54) is 70.9 Å². The minimum absolute atomic E-state index is 0.249. The monoisotopic (exact) mass is 442 g/mol. The molecule has 166 valence electrons. The molecule has 0 atom stereocenters. The van der Waals surface area contributed by atoms with Crippen LogP contribution in [0.3, 0.4) is 0 Å². The van der Waals surface area contributed by atoms with Gasteiger partial charge in [-0.1, -0.05) is 91.5 Å². The molecule has 2 rings (SSSR count). The lowest BCUT2D eigenvalue weighted by molar-refractivity contribution is 0.589. The van der Waals surface area contributed by atoms with Gasteiger partial charge in [0.05, 0.1) is 0 Å². The van der Waals surface area contributed by atoms with Crippen LogP contribution in [0, 0.1) is 0 Å². The fraction of sp³-hybridized carbons (Fsp3) is 0.571. The summed E-state index contributed by atoms with van der Waals surface area (Å²) in [6.07, 6.45) is 8.17. The van der Waals surface area contributed by atoms with Crippen LogP contribution in [0.2, 0.25) is 0 Å². The molecular weight excluding hydrogens is 400 g/mol. The van der Waals surface area contributed by atoms with Gasteiger partial charge in [0.25, 0.3) is 0 Å². The van der Waals surface area contributed by atoms with E-state index in [0.717, 1.165) is 0 Å². The normalized spacial score (nSPS) is 12.3. The van der Waals surface area contributed by atoms with Crippen LogP contribution in [0.4, 0.5) is 0 Å². The largest absolute Gasteiger partial charge is 0.126 e. The molecule has 0 aliphatic rings. The van der Waals surface area contributed by atoms with Crippen molar-refractivity contribution in [3.63, 3.8) is 0 Å². The molecule has 0 heterocycles. The van der Waals surface area contributed by atoms with Gasteiger partial charge in [-0.15, -0.1) is 23.5 Å². The van der Waals surface area contributed by atoms with Crippen molar-refractivity contribution in [2.24, 2.45) is 0 Å². The Morgan fingerprint density at radius 1 is 0.467 bits per heavy atom. The number of thioether (sulfide) groups is 2. The Labute approximate surface area is 195 Å². The highest BCUT2D eigenvalue weighted by atomic mass is 32.2. The molecule has 30 heavy (non-hydrogen) atoms. The van der Waals surface area contributed by atoms with Crippen LogP contribution in [0.15, 0.2) is 58.3 Å². The number of rotatable bonds is 11. The lowest BCUT2D eigenvalue weighted by atomic mass is 9.87. The van der Waals surface area contributed by atoms with Gasteiger partial charge in [-0.2, -0.15) is 0 Å². The van der Waals surface area contributed by atoms with Gasteiger partial charge in [0, 0.05) is 9.79 Å². The number of benzene rings is 2. The summed E-state index contributed by atoms with van der Waals surface area (Å²) in [5, 5.41) is 0. The summed E-state index contributed by atoms with van der Waals surface area (Å²) in [7, 11) is 0. The zero-order chi connectivity index (χ0) is 22.0. The standard InChI is InChI=1S/C28H42S2/c1-27(2,3)23-13-17-25(18-14-23)29-21-11-9-7-8-10-12-22-30-26-19-15-24(16-20-26)28(4,5)6/h13-20H,7-12,21-22H2,1-6H3. The van der Waals surface area contributed by atoms with Crippen molar-refractivity contribution in [2.75, 3.05) is 11.5 Å². The van der Waals surface area contributed by atoms with Gasteiger partial charge in [0.1, 0.15) is 0 Å². The van der Waals surface area contributed by atoms with Crippen molar-refractivity contribution in [3.05, 3.63) is 59.7 Å². The molecule has 0 bridgehead atoms. The molecule has 0 aliphatic heterocycles. The molecular formula is C28H42S2. The Hall–Kier alpha value is -0.860. The first-order valence-electron chi connectivity index (χ1n) is 11.6. The second kappa shape index (κ2) is 12.2. The third-order valence-electron chi connectivity index (χ3n) is 5.52. The maximum Gasteiger partial charge on any atom is 0.00721 e. The van der Waals surface area contributed by atoms with E-state index in [-0.39, 0.29) is 10.8 Å². The minimum atomic E-state index is 0.249. The third-order valence-corrected chi connectivity index (χ3v) is 7.71. The topological polar surface area (TPSA) is 0 Å². The van der Waals surface area contributed by atoms with E-state index in [9.17, 15) is 0 Å². The van der Waals surface area contributed by atoms with Gasteiger partial charge in [-0.3, -0.25) is 0 Å². The zero-order valence-electron chi connectivity index (χ0n) is 20.1. The number of hydrogen-bond donors (Lipinski definition) is 0. The Kier molecular flexibility index (Phi) is 10.4. The van der Waals surface area contributed by atoms with Crippen LogP contribution in [0.25, 0.3) is 0 Å². The zero-order valence-corrected chi connectivity index (χ0v) is 21.7. The van der Waals surface area contributed by atoms with E-state index >= 15 is 0 Å². The van der Waals surface area contributed by atoms with Crippen molar-refractivity contribution in [3.8, 4) is 0 Å². The smallest absolute Gasteiger partial charge is 0.00721 e. The van der Waals surface area contributed by atoms with Gasteiger partial charge >= 0.3 is 0 Å². The van der Waals surface area contributed by atoms with E-state index in [2.05, 4.69) is 90.1 Å². The Bertz CT molecular complexity index is 650. The Morgan fingerprint density at radius 2 is 0.767 bits per heavy atom. The summed E-state index contributed by atoms with van der Waals surface area (Å²) in [5.74, 6) is 2.49. The summed E-state index contributed by atoms with van der Waals surface area (Å²) in [6, 6.07) is 18.3. The molecule has 0 aliphatic carbocycles. The SMILES string of the molecule is CC(C)(C)c1ccc(SCCCCCCCCSc2ccc(C(C)(C)C)cc2)cc1. The summed E-state index contributed by atoms with van der Waals surface area (Å²) in [4.78, 5) is 2.83. The molecule has 0 spiro atoms. The summed E-state index contributed by atoms with van der Waals surface area (Å²) in [6.45, 7) is 13.7. The molecule has 0 amide bonds. The quantitative estimate of drug-likeness (QED) is 0.251. The van der Waals surface area contributed by atoms with Crippen molar-refractivity contribution < 1.29 is 0 Å². The van der Waals surface area contributed by atoms with Crippen LogP contribution < -0.4 is 0 Å². The molecule has 0 saturated heterocycles. The van der Waals surface area contributed by atoms with Crippen molar-refractivity contribution in [2.45, 2.75) is 101 Å². The molecule has 2 aromatic carbocycles. The first kappa shape index (κ1) is 25.4. The molecule has 0 fully saturated rings. The number of hydrogen-bond acceptors (Lipinski definition) is 2. The lowest BCUT2D eigenvalue weighted by Crippen LogP contribution is -2.10. The Morgan fingerprint density at radius 3 is 1.07 bits per heavy atom. The van der Waals surface area contributed by atoms with Crippen molar-refractivity contribution >= 4 is 23.5 Å². The van der Waals surface area contributed by atoms with E-state index in [1.54, 1.807) is 0 Å². The molecule has 0 saturated carbocycles. The van der Waals surface area contributed by atoms with Gasteiger partial charge in [-0.05, 0) is 70.6 Å². The molecule has 0 aromatic heterocycles. The molecule has 0 radical (unpaired) electrons.